The Balaban J connectivity index is 2.10. The Morgan fingerprint density at radius 1 is 0.958 bits per heavy atom. The molecular formula is C18H22N2O3S. The SMILES string of the molecule is Cc1ccc(S(=O)(=O)N[C@H](C)C(=O)Nc2cc(C)ccc2C)cc1. The number of nitrogens with one attached hydrogen (secondary N) is 2. The van der Waals surface area contributed by atoms with Crippen molar-refractivity contribution in [2.45, 2.75) is 38.6 Å². The number of benzene rings is 2. The number of carbonyl (C=O) groups is 1. The Labute approximate surface area is 143 Å². The highest BCUT2D eigenvalue weighted by Gasteiger charge is 2.22. The van der Waals surface area contributed by atoms with E-state index in [1.165, 1.54) is 19.1 Å². The predicted octanol–water partition coefficient (Wildman–Crippen LogP) is 2.92. The van der Waals surface area contributed by atoms with Crippen molar-refractivity contribution in [3.8, 4) is 0 Å². The molecule has 2 N–H and O–H groups in total. The Bertz CT molecular complexity index is 843. The van der Waals surface area contributed by atoms with Crippen molar-refractivity contribution in [3.05, 3.63) is 59.2 Å². The molecule has 0 radical (unpaired) electrons. The molecule has 0 heterocycles. The third-order valence-corrected chi connectivity index (χ3v) is 5.26. The molecule has 1 atom stereocenters. The Morgan fingerprint density at radius 2 is 1.54 bits per heavy atom. The Morgan fingerprint density at radius 3 is 2.17 bits per heavy atom. The van der Waals surface area contributed by atoms with Gasteiger partial charge >= 0.3 is 0 Å². The average Bonchev–Trinajstić information content (AvgIpc) is 2.51. The molecule has 2 rings (SSSR count). The fourth-order valence-corrected chi connectivity index (χ4v) is 3.39. The van der Waals surface area contributed by atoms with Gasteiger partial charge in [0, 0.05) is 5.69 Å². The van der Waals surface area contributed by atoms with Crippen molar-refractivity contribution in [2.24, 2.45) is 0 Å². The highest BCUT2D eigenvalue weighted by Crippen LogP contribution is 2.17. The lowest BCUT2D eigenvalue weighted by Gasteiger charge is -2.16. The van der Waals surface area contributed by atoms with Crippen LogP contribution in [0.5, 0.6) is 0 Å². The summed E-state index contributed by atoms with van der Waals surface area (Å²) in [5, 5.41) is 2.77. The van der Waals surface area contributed by atoms with Crippen molar-refractivity contribution < 1.29 is 13.2 Å². The molecule has 128 valence electrons. The second-order valence-corrected chi connectivity index (χ2v) is 7.68. The molecule has 2 aromatic rings. The second kappa shape index (κ2) is 7.15. The molecule has 0 aliphatic carbocycles. The van der Waals surface area contributed by atoms with Gasteiger partial charge in [-0.05, 0) is 57.0 Å². The van der Waals surface area contributed by atoms with Crippen molar-refractivity contribution >= 4 is 21.6 Å². The zero-order valence-electron chi connectivity index (χ0n) is 14.3. The number of anilines is 1. The van der Waals surface area contributed by atoms with Crippen LogP contribution in [0.4, 0.5) is 5.69 Å². The molecule has 0 saturated heterocycles. The third kappa shape index (κ3) is 4.43. The van der Waals surface area contributed by atoms with Gasteiger partial charge in [0.1, 0.15) is 0 Å². The molecule has 0 unspecified atom stereocenters. The minimum atomic E-state index is -3.74. The first-order valence-corrected chi connectivity index (χ1v) is 9.14. The molecule has 0 saturated carbocycles. The first-order chi connectivity index (χ1) is 11.2. The zero-order valence-corrected chi connectivity index (χ0v) is 15.1. The van der Waals surface area contributed by atoms with Crippen LogP contribution in [0.15, 0.2) is 47.4 Å². The summed E-state index contributed by atoms with van der Waals surface area (Å²) in [5.41, 5.74) is 3.59. The summed E-state index contributed by atoms with van der Waals surface area (Å²) in [5.74, 6) is -0.403. The average molecular weight is 346 g/mol. The second-order valence-electron chi connectivity index (χ2n) is 5.96. The molecule has 2 aromatic carbocycles. The van der Waals surface area contributed by atoms with Crippen LogP contribution in [0.3, 0.4) is 0 Å². The normalized spacial score (nSPS) is 12.7. The maximum Gasteiger partial charge on any atom is 0.242 e. The summed E-state index contributed by atoms with van der Waals surface area (Å²) < 4.78 is 27.1. The van der Waals surface area contributed by atoms with E-state index < -0.39 is 22.0 Å². The number of amides is 1. The first kappa shape index (κ1) is 18.2. The molecule has 1 amide bonds. The highest BCUT2D eigenvalue weighted by molar-refractivity contribution is 7.89. The van der Waals surface area contributed by atoms with E-state index in [9.17, 15) is 13.2 Å². The van der Waals surface area contributed by atoms with Gasteiger partial charge in [0.15, 0.2) is 0 Å². The van der Waals surface area contributed by atoms with Crippen molar-refractivity contribution in [3.63, 3.8) is 0 Å². The Hall–Kier alpha value is -2.18. The summed E-state index contributed by atoms with van der Waals surface area (Å²) in [7, 11) is -3.74. The van der Waals surface area contributed by atoms with Gasteiger partial charge in [-0.15, -0.1) is 0 Å². The summed E-state index contributed by atoms with van der Waals surface area (Å²) in [6, 6.07) is 11.3. The fourth-order valence-electron chi connectivity index (χ4n) is 2.18. The van der Waals surface area contributed by atoms with Crippen LogP contribution in [-0.4, -0.2) is 20.4 Å². The molecular weight excluding hydrogens is 324 g/mol. The number of aryl methyl sites for hydroxylation is 3. The molecule has 0 fully saturated rings. The molecule has 0 spiro atoms. The molecule has 6 heteroatoms. The molecule has 0 aromatic heterocycles. The molecule has 24 heavy (non-hydrogen) atoms. The van der Waals surface area contributed by atoms with Crippen LogP contribution in [0.2, 0.25) is 0 Å². The van der Waals surface area contributed by atoms with E-state index in [-0.39, 0.29) is 4.90 Å². The maximum absolute atomic E-state index is 12.3. The fraction of sp³-hybridized carbons (Fsp3) is 0.278. The van der Waals surface area contributed by atoms with Gasteiger partial charge in [-0.25, -0.2) is 8.42 Å². The standard InChI is InChI=1S/C18H22N2O3S/c1-12-6-9-16(10-7-12)24(22,23)20-15(4)18(21)19-17-11-13(2)5-8-14(17)3/h5-11,15,20H,1-4H3,(H,19,21)/t15-/m1/s1. The third-order valence-electron chi connectivity index (χ3n) is 3.71. The van der Waals surface area contributed by atoms with E-state index in [1.807, 2.05) is 39.0 Å². The molecule has 0 bridgehead atoms. The minimum Gasteiger partial charge on any atom is -0.324 e. The van der Waals surface area contributed by atoms with E-state index in [4.69, 9.17) is 0 Å². The lowest BCUT2D eigenvalue weighted by molar-refractivity contribution is -0.117. The lowest BCUT2D eigenvalue weighted by Crippen LogP contribution is -2.41. The summed E-state index contributed by atoms with van der Waals surface area (Å²) >= 11 is 0. The number of hydrogen-bond donors (Lipinski definition) is 2. The van der Waals surface area contributed by atoms with Crippen LogP contribution in [0.1, 0.15) is 23.6 Å². The topological polar surface area (TPSA) is 75.3 Å². The predicted molar refractivity (Wildman–Crippen MR) is 95.5 cm³/mol. The monoisotopic (exact) mass is 346 g/mol. The quantitative estimate of drug-likeness (QED) is 0.874. The smallest absolute Gasteiger partial charge is 0.242 e. The van der Waals surface area contributed by atoms with Gasteiger partial charge < -0.3 is 5.32 Å². The van der Waals surface area contributed by atoms with E-state index in [1.54, 1.807) is 12.1 Å². The first-order valence-electron chi connectivity index (χ1n) is 7.66. The number of sulfonamides is 1. The largest absolute Gasteiger partial charge is 0.324 e. The van der Waals surface area contributed by atoms with E-state index in [2.05, 4.69) is 10.0 Å². The zero-order chi connectivity index (χ0) is 17.9. The summed E-state index contributed by atoms with van der Waals surface area (Å²) in [4.78, 5) is 12.4. The van der Waals surface area contributed by atoms with Crippen LogP contribution < -0.4 is 10.0 Å². The molecule has 0 aliphatic heterocycles. The van der Waals surface area contributed by atoms with Crippen molar-refractivity contribution in [1.82, 2.24) is 4.72 Å². The minimum absolute atomic E-state index is 0.138. The Kier molecular flexibility index (Phi) is 5.41. The van der Waals surface area contributed by atoms with E-state index in [0.717, 1.165) is 16.7 Å². The van der Waals surface area contributed by atoms with Gasteiger partial charge in [0.25, 0.3) is 0 Å². The van der Waals surface area contributed by atoms with Crippen LogP contribution in [0, 0.1) is 20.8 Å². The summed E-state index contributed by atoms with van der Waals surface area (Å²) in [6.07, 6.45) is 0. The van der Waals surface area contributed by atoms with Gasteiger partial charge in [0.05, 0.1) is 10.9 Å². The number of hydrogen-bond acceptors (Lipinski definition) is 3. The number of rotatable bonds is 5. The van der Waals surface area contributed by atoms with Crippen LogP contribution in [-0.2, 0) is 14.8 Å². The molecule has 5 nitrogen and oxygen atoms in total. The van der Waals surface area contributed by atoms with E-state index in [0.29, 0.717) is 5.69 Å². The van der Waals surface area contributed by atoms with Gasteiger partial charge in [-0.3, -0.25) is 4.79 Å². The van der Waals surface area contributed by atoms with Crippen molar-refractivity contribution in [2.75, 3.05) is 5.32 Å². The lowest BCUT2D eigenvalue weighted by atomic mass is 10.1. The van der Waals surface area contributed by atoms with Gasteiger partial charge in [-0.2, -0.15) is 4.72 Å². The summed E-state index contributed by atoms with van der Waals surface area (Å²) in [6.45, 7) is 7.21. The highest BCUT2D eigenvalue weighted by atomic mass is 32.2. The maximum atomic E-state index is 12.3. The van der Waals surface area contributed by atoms with Crippen molar-refractivity contribution in [1.29, 1.82) is 0 Å². The molecule has 0 aliphatic rings. The van der Waals surface area contributed by atoms with Gasteiger partial charge in [-0.1, -0.05) is 29.8 Å². The van der Waals surface area contributed by atoms with E-state index >= 15 is 0 Å². The van der Waals surface area contributed by atoms with Gasteiger partial charge in [0.2, 0.25) is 15.9 Å². The van der Waals surface area contributed by atoms with Crippen LogP contribution in [0.25, 0.3) is 0 Å². The number of carbonyl (C=O) groups excluding carboxylic acids is 1. The van der Waals surface area contributed by atoms with Crippen LogP contribution >= 0.6 is 0 Å².